The highest BCUT2D eigenvalue weighted by Crippen LogP contribution is 2.44. The molecule has 0 aliphatic carbocycles. The summed E-state index contributed by atoms with van der Waals surface area (Å²) in [4.78, 5) is 85.4. The zero-order valence-electron chi connectivity index (χ0n) is 53.6. The minimum absolute atomic E-state index is 0.0620. The van der Waals surface area contributed by atoms with E-state index in [0.29, 0.717) is 66.8 Å². The van der Waals surface area contributed by atoms with Crippen molar-refractivity contribution in [3.63, 3.8) is 0 Å². The quantitative estimate of drug-likeness (QED) is 0.0285. The van der Waals surface area contributed by atoms with Gasteiger partial charge in [-0.05, 0) is 150 Å². The molecule has 8 rings (SSSR count). The third-order valence-electron chi connectivity index (χ3n) is 16.7. The van der Waals surface area contributed by atoms with E-state index in [4.69, 9.17) is 47.4 Å². The molecule has 0 aromatic heterocycles. The minimum Gasteiger partial charge on any atom is -0.496 e. The van der Waals surface area contributed by atoms with Crippen molar-refractivity contribution in [2.75, 3.05) is 41.7 Å². The lowest BCUT2D eigenvalue weighted by Crippen LogP contribution is -2.21. The van der Waals surface area contributed by atoms with E-state index in [9.17, 15) is 28.8 Å². The topological polar surface area (TPSA) is 195 Å². The second kappa shape index (κ2) is 28.3. The van der Waals surface area contributed by atoms with Gasteiger partial charge in [0.1, 0.15) is 70.0 Å². The Hall–Kier alpha value is -10.2. The summed E-state index contributed by atoms with van der Waals surface area (Å²) in [7, 11) is 5.59. The molecule has 0 spiro atoms. The van der Waals surface area contributed by atoms with Gasteiger partial charge in [-0.1, -0.05) is 121 Å². The number of benzene rings is 8. The van der Waals surface area contributed by atoms with Crippen LogP contribution in [-0.4, -0.2) is 77.5 Å². The van der Waals surface area contributed by atoms with Crippen LogP contribution in [0.15, 0.2) is 121 Å². The lowest BCUT2D eigenvalue weighted by Gasteiger charge is -2.24. The van der Waals surface area contributed by atoms with E-state index in [1.165, 1.54) is 28.4 Å². The molecule has 90 heavy (non-hydrogen) atoms. The molecule has 0 unspecified atom stereocenters. The molecule has 16 nitrogen and oxygen atoms in total. The smallest absolute Gasteiger partial charge is 0.347 e. The summed E-state index contributed by atoms with van der Waals surface area (Å²) in [5.74, 6) is -3.55. The van der Waals surface area contributed by atoms with Gasteiger partial charge in [-0.2, -0.15) is 0 Å². The van der Waals surface area contributed by atoms with Crippen LogP contribution in [0.3, 0.4) is 0 Å². The van der Waals surface area contributed by atoms with Gasteiger partial charge in [-0.15, -0.1) is 0 Å². The van der Waals surface area contributed by atoms with Gasteiger partial charge >= 0.3 is 35.8 Å². The molecule has 0 aliphatic rings. The van der Waals surface area contributed by atoms with E-state index in [1.54, 1.807) is 83.1 Å². The number of ether oxygens (including phenoxy) is 10. The summed E-state index contributed by atoms with van der Waals surface area (Å²) in [5.41, 5.74) is 8.70. The minimum atomic E-state index is -0.787. The fourth-order valence-corrected chi connectivity index (χ4v) is 11.6. The maximum atomic E-state index is 14.5. The molecule has 0 bridgehead atoms. The van der Waals surface area contributed by atoms with Gasteiger partial charge in [0.2, 0.25) is 0 Å². The summed E-state index contributed by atoms with van der Waals surface area (Å²) in [6, 6.07) is 37.6. The zero-order chi connectivity index (χ0) is 65.4. The summed E-state index contributed by atoms with van der Waals surface area (Å²) in [6.07, 6.45) is -1.45. The standard InChI is InChI=1S/C74H74O16/c1-39-41(3)57(71(77)87-61-45(7)43(5)59(65(83-15)49(61)11)73(79)89-67(51-29-21-17-22-30-51)52-31-23-18-24-32-52)63(81-13)47(9)55(39)69(75)85-37-38-86-70(76)56-40(2)42(4)58(64(82-14)48(56)10)72(78)88-62-46(8)44(6)60(66(84-16)50(62)12)74(80)90-68(53-33-25-19-26-34-53)54-35-27-20-28-36-54/h17-36,67-68H,37-38H2,1-16H3. The van der Waals surface area contributed by atoms with Gasteiger partial charge in [0.25, 0.3) is 0 Å². The molecule has 0 saturated heterocycles. The Morgan fingerprint density at radius 2 is 0.500 bits per heavy atom. The summed E-state index contributed by atoms with van der Waals surface area (Å²) in [5, 5.41) is 0. The summed E-state index contributed by atoms with van der Waals surface area (Å²) < 4.78 is 59.6. The van der Waals surface area contributed by atoms with Crippen molar-refractivity contribution in [1.29, 1.82) is 0 Å². The monoisotopic (exact) mass is 1220 g/mol. The highest BCUT2D eigenvalue weighted by Gasteiger charge is 2.35. The van der Waals surface area contributed by atoms with Crippen molar-refractivity contribution < 1.29 is 76.1 Å². The average Bonchev–Trinajstić information content (AvgIpc) is 0.883. The molecule has 0 fully saturated rings. The van der Waals surface area contributed by atoms with E-state index in [1.807, 2.05) is 121 Å². The maximum absolute atomic E-state index is 14.5. The van der Waals surface area contributed by atoms with E-state index in [0.717, 1.165) is 22.3 Å². The predicted molar refractivity (Wildman–Crippen MR) is 340 cm³/mol. The Bertz CT molecular complexity index is 3730. The van der Waals surface area contributed by atoms with Gasteiger partial charge < -0.3 is 47.4 Å². The maximum Gasteiger partial charge on any atom is 0.347 e. The van der Waals surface area contributed by atoms with Gasteiger partial charge in [-0.25, -0.2) is 28.8 Å². The van der Waals surface area contributed by atoms with Crippen LogP contribution < -0.4 is 28.4 Å². The van der Waals surface area contributed by atoms with Crippen molar-refractivity contribution in [1.82, 2.24) is 0 Å². The van der Waals surface area contributed by atoms with Crippen molar-refractivity contribution in [2.45, 2.75) is 95.3 Å². The van der Waals surface area contributed by atoms with Crippen LogP contribution in [0.1, 0.15) is 163 Å². The van der Waals surface area contributed by atoms with Gasteiger partial charge in [0, 0.05) is 22.3 Å². The highest BCUT2D eigenvalue weighted by molar-refractivity contribution is 6.04. The third-order valence-corrected chi connectivity index (χ3v) is 16.7. The molecule has 16 heteroatoms. The van der Waals surface area contributed by atoms with Crippen LogP contribution in [0.2, 0.25) is 0 Å². The Balaban J connectivity index is 0.960. The second-order valence-corrected chi connectivity index (χ2v) is 21.8. The van der Waals surface area contributed by atoms with Crippen molar-refractivity contribution in [2.24, 2.45) is 0 Å². The largest absolute Gasteiger partial charge is 0.496 e. The van der Waals surface area contributed by atoms with E-state index < -0.39 is 48.0 Å². The zero-order valence-corrected chi connectivity index (χ0v) is 53.6. The molecule has 0 N–H and O–H groups in total. The molecule has 0 aliphatic heterocycles. The number of hydrogen-bond donors (Lipinski definition) is 0. The van der Waals surface area contributed by atoms with E-state index >= 15 is 0 Å². The Labute approximate surface area is 524 Å². The SMILES string of the molecule is COc1c(C)c(OC(=O)c2c(C)c(C)c(C(=O)OCCOC(=O)c3c(C)c(C)c(C(=O)Oc4c(C)c(C)c(C(=O)OC(c5ccccc5)c5ccccc5)c(OC)c4C)c(OC)c3C)c(C)c2OC)c(C)c(C)c1C(=O)OC(c1ccccc1)c1ccccc1. The number of carbonyl (C=O) groups is 6. The van der Waals surface area contributed by atoms with Crippen LogP contribution in [-0.2, 0) is 18.9 Å². The lowest BCUT2D eigenvalue weighted by molar-refractivity contribution is 0.0263. The van der Waals surface area contributed by atoms with Crippen LogP contribution in [0, 0.1) is 83.1 Å². The molecular formula is C74H74O16. The lowest BCUT2D eigenvalue weighted by atomic mass is 9.92. The summed E-state index contributed by atoms with van der Waals surface area (Å²) in [6.45, 7) is 19.5. The van der Waals surface area contributed by atoms with Crippen LogP contribution in [0.25, 0.3) is 0 Å². The molecule has 466 valence electrons. The predicted octanol–water partition coefficient (Wildman–Crippen LogP) is 14.8. The molecule has 0 amide bonds. The van der Waals surface area contributed by atoms with Crippen LogP contribution >= 0.6 is 0 Å². The normalized spacial score (nSPS) is 11.0. The highest BCUT2D eigenvalue weighted by atomic mass is 16.6. The Kier molecular flexibility index (Phi) is 20.7. The van der Waals surface area contributed by atoms with Crippen molar-refractivity contribution >= 4 is 35.8 Å². The Morgan fingerprint density at radius 3 is 0.767 bits per heavy atom. The fraction of sp³-hybridized carbons (Fsp3) is 0.270. The first-order valence-electron chi connectivity index (χ1n) is 29.2. The molecular weight excluding hydrogens is 1140 g/mol. The number of methoxy groups -OCH3 is 4. The first-order valence-corrected chi connectivity index (χ1v) is 29.2. The third kappa shape index (κ3) is 12.9. The first-order chi connectivity index (χ1) is 43.0. The average molecular weight is 1220 g/mol. The number of hydrogen-bond acceptors (Lipinski definition) is 16. The molecule has 0 atom stereocenters. The van der Waals surface area contributed by atoms with Gasteiger partial charge in [-0.3, -0.25) is 0 Å². The number of rotatable bonds is 21. The fourth-order valence-electron chi connectivity index (χ4n) is 11.6. The van der Waals surface area contributed by atoms with E-state index in [2.05, 4.69) is 0 Å². The molecule has 0 heterocycles. The molecule has 0 radical (unpaired) electrons. The molecule has 8 aromatic rings. The van der Waals surface area contributed by atoms with Gasteiger partial charge in [0.05, 0.1) is 39.6 Å². The number of esters is 6. The molecule has 0 saturated carbocycles. The number of carbonyl (C=O) groups excluding carboxylic acids is 6. The second-order valence-electron chi connectivity index (χ2n) is 21.8. The van der Waals surface area contributed by atoms with Crippen LogP contribution in [0.4, 0.5) is 0 Å². The summed E-state index contributed by atoms with van der Waals surface area (Å²) >= 11 is 0. The Morgan fingerprint density at radius 1 is 0.267 bits per heavy atom. The van der Waals surface area contributed by atoms with Crippen molar-refractivity contribution in [3.8, 4) is 34.5 Å². The first kappa shape index (κ1) is 65.7. The van der Waals surface area contributed by atoms with Gasteiger partial charge in [0.15, 0.2) is 12.2 Å². The molecule has 8 aromatic carbocycles. The van der Waals surface area contributed by atoms with E-state index in [-0.39, 0.29) is 81.1 Å². The van der Waals surface area contributed by atoms with Crippen LogP contribution in [0.5, 0.6) is 34.5 Å². The van der Waals surface area contributed by atoms with Crippen molar-refractivity contribution in [3.05, 3.63) is 244 Å².